The number of fused-ring (bicyclic) bond motifs is 1. The number of carbonyl (C=O) groups is 2. The van der Waals surface area contributed by atoms with Crippen LogP contribution in [0.25, 0.3) is 0 Å². The fourth-order valence-electron chi connectivity index (χ4n) is 1.52. The highest BCUT2D eigenvalue weighted by Gasteiger charge is 2.31. The SMILES string of the molecule is O=C1OC(C(=O)O)Cc2cc(F)c(Cl)cc21. The smallest absolute Gasteiger partial charge is 0.345 e. The Balaban J connectivity index is 2.46. The summed E-state index contributed by atoms with van der Waals surface area (Å²) in [5.74, 6) is -2.73. The molecule has 0 spiro atoms. The van der Waals surface area contributed by atoms with Crippen molar-refractivity contribution in [1.82, 2.24) is 0 Å². The van der Waals surface area contributed by atoms with Crippen LogP contribution in [0.1, 0.15) is 15.9 Å². The lowest BCUT2D eigenvalue weighted by Crippen LogP contribution is -2.34. The summed E-state index contributed by atoms with van der Waals surface area (Å²) in [6.45, 7) is 0. The molecule has 84 valence electrons. The van der Waals surface area contributed by atoms with Crippen LogP contribution in [-0.2, 0) is 16.0 Å². The molecule has 1 aliphatic rings. The second kappa shape index (κ2) is 3.75. The number of benzene rings is 1. The first-order valence-corrected chi connectivity index (χ1v) is 4.78. The van der Waals surface area contributed by atoms with E-state index >= 15 is 0 Å². The first kappa shape index (κ1) is 10.9. The Labute approximate surface area is 94.6 Å². The van der Waals surface area contributed by atoms with E-state index in [4.69, 9.17) is 16.7 Å². The fraction of sp³-hybridized carbons (Fsp3) is 0.200. The maximum atomic E-state index is 13.1. The first-order valence-electron chi connectivity index (χ1n) is 4.40. The van der Waals surface area contributed by atoms with Crippen molar-refractivity contribution in [2.24, 2.45) is 0 Å². The van der Waals surface area contributed by atoms with E-state index in [9.17, 15) is 14.0 Å². The van der Waals surface area contributed by atoms with E-state index in [0.29, 0.717) is 5.56 Å². The van der Waals surface area contributed by atoms with Gasteiger partial charge in [-0.2, -0.15) is 0 Å². The normalized spacial score (nSPS) is 18.9. The number of rotatable bonds is 1. The zero-order valence-electron chi connectivity index (χ0n) is 7.87. The largest absolute Gasteiger partial charge is 0.478 e. The quantitative estimate of drug-likeness (QED) is 0.763. The number of cyclic esters (lactones) is 1. The number of aliphatic carboxylic acids is 1. The summed E-state index contributed by atoms with van der Waals surface area (Å²) in [6.07, 6.45) is -1.31. The van der Waals surface area contributed by atoms with Crippen molar-refractivity contribution >= 4 is 23.5 Å². The average molecular weight is 245 g/mol. The Bertz CT molecular complexity index is 486. The molecule has 1 unspecified atom stereocenters. The van der Waals surface area contributed by atoms with Crippen LogP contribution in [-0.4, -0.2) is 23.1 Å². The van der Waals surface area contributed by atoms with E-state index in [1.807, 2.05) is 0 Å². The molecule has 0 saturated carbocycles. The van der Waals surface area contributed by atoms with Crippen LogP contribution < -0.4 is 0 Å². The topological polar surface area (TPSA) is 63.6 Å². The number of hydrogen-bond acceptors (Lipinski definition) is 3. The van der Waals surface area contributed by atoms with Gasteiger partial charge in [-0.25, -0.2) is 14.0 Å². The van der Waals surface area contributed by atoms with Crippen molar-refractivity contribution in [3.8, 4) is 0 Å². The monoisotopic (exact) mass is 244 g/mol. The highest BCUT2D eigenvalue weighted by molar-refractivity contribution is 6.31. The zero-order valence-corrected chi connectivity index (χ0v) is 8.62. The third kappa shape index (κ3) is 1.74. The van der Waals surface area contributed by atoms with Crippen molar-refractivity contribution in [2.75, 3.05) is 0 Å². The molecular formula is C10H6ClFO4. The Morgan fingerprint density at radius 2 is 2.25 bits per heavy atom. The minimum Gasteiger partial charge on any atom is -0.478 e. The first-order chi connectivity index (χ1) is 7.49. The second-order valence-corrected chi connectivity index (χ2v) is 3.77. The molecule has 0 amide bonds. The van der Waals surface area contributed by atoms with Gasteiger partial charge < -0.3 is 9.84 Å². The van der Waals surface area contributed by atoms with Gasteiger partial charge in [0.1, 0.15) is 5.82 Å². The minimum absolute atomic E-state index is 0.0511. The number of halogens is 2. The van der Waals surface area contributed by atoms with Gasteiger partial charge in [-0.3, -0.25) is 0 Å². The summed E-state index contributed by atoms with van der Waals surface area (Å²) in [4.78, 5) is 22.1. The summed E-state index contributed by atoms with van der Waals surface area (Å²) in [6, 6.07) is 2.21. The van der Waals surface area contributed by atoms with Crippen molar-refractivity contribution in [3.63, 3.8) is 0 Å². The highest BCUT2D eigenvalue weighted by atomic mass is 35.5. The number of carboxylic acid groups (broad SMARTS) is 1. The summed E-state index contributed by atoms with van der Waals surface area (Å²) in [5.41, 5.74) is 0.412. The van der Waals surface area contributed by atoms with Crippen LogP contribution in [0.15, 0.2) is 12.1 Å². The van der Waals surface area contributed by atoms with Crippen LogP contribution in [0.3, 0.4) is 0 Å². The molecular weight excluding hydrogens is 239 g/mol. The molecule has 4 nitrogen and oxygen atoms in total. The fourth-order valence-corrected chi connectivity index (χ4v) is 1.68. The van der Waals surface area contributed by atoms with E-state index in [2.05, 4.69) is 4.74 Å². The number of carbonyl (C=O) groups excluding carboxylic acids is 1. The van der Waals surface area contributed by atoms with Gasteiger partial charge in [-0.15, -0.1) is 0 Å². The van der Waals surface area contributed by atoms with Crippen LogP contribution in [0.5, 0.6) is 0 Å². The van der Waals surface area contributed by atoms with E-state index < -0.39 is 23.9 Å². The van der Waals surface area contributed by atoms with Gasteiger partial charge in [0.15, 0.2) is 0 Å². The number of ether oxygens (including phenoxy) is 1. The van der Waals surface area contributed by atoms with Crippen LogP contribution in [0.2, 0.25) is 5.02 Å². The van der Waals surface area contributed by atoms with Crippen molar-refractivity contribution in [1.29, 1.82) is 0 Å². The third-order valence-electron chi connectivity index (χ3n) is 2.30. The maximum absolute atomic E-state index is 13.1. The molecule has 0 fully saturated rings. The predicted molar refractivity (Wildman–Crippen MR) is 52.0 cm³/mol. The molecule has 2 rings (SSSR count). The predicted octanol–water partition coefficient (Wildman–Crippen LogP) is 1.65. The zero-order chi connectivity index (χ0) is 11.9. The van der Waals surface area contributed by atoms with Gasteiger partial charge in [-0.1, -0.05) is 11.6 Å². The van der Waals surface area contributed by atoms with Crippen molar-refractivity contribution in [3.05, 3.63) is 34.1 Å². The van der Waals surface area contributed by atoms with E-state index in [1.165, 1.54) is 0 Å². The Hall–Kier alpha value is -1.62. The number of esters is 1. The van der Waals surface area contributed by atoms with E-state index in [0.717, 1.165) is 12.1 Å². The lowest BCUT2D eigenvalue weighted by molar-refractivity contribution is -0.147. The Kier molecular flexibility index (Phi) is 2.55. The highest BCUT2D eigenvalue weighted by Crippen LogP contribution is 2.26. The summed E-state index contributed by atoms with van der Waals surface area (Å²) in [7, 11) is 0. The minimum atomic E-state index is -1.26. The van der Waals surface area contributed by atoms with Crippen molar-refractivity contribution in [2.45, 2.75) is 12.5 Å². The molecule has 1 N–H and O–H groups in total. The molecule has 0 bridgehead atoms. The van der Waals surface area contributed by atoms with Gasteiger partial charge in [-0.05, 0) is 17.7 Å². The summed E-state index contributed by atoms with van der Waals surface area (Å²) >= 11 is 5.51. The molecule has 0 aliphatic carbocycles. The average Bonchev–Trinajstić information content (AvgIpc) is 2.20. The number of hydrogen-bond donors (Lipinski definition) is 1. The molecule has 0 aromatic heterocycles. The number of carboxylic acids is 1. The van der Waals surface area contributed by atoms with E-state index in [-0.39, 0.29) is 17.0 Å². The molecule has 1 aromatic carbocycles. The molecule has 0 radical (unpaired) electrons. The Morgan fingerprint density at radius 3 is 2.88 bits per heavy atom. The van der Waals surface area contributed by atoms with Crippen LogP contribution in [0.4, 0.5) is 4.39 Å². The van der Waals surface area contributed by atoms with Gasteiger partial charge in [0.05, 0.1) is 10.6 Å². The molecule has 1 atom stereocenters. The van der Waals surface area contributed by atoms with Crippen molar-refractivity contribution < 1.29 is 23.8 Å². The summed E-state index contributed by atoms with van der Waals surface area (Å²) in [5, 5.41) is 8.52. The van der Waals surface area contributed by atoms with Gasteiger partial charge in [0.25, 0.3) is 0 Å². The lowest BCUT2D eigenvalue weighted by atomic mass is 9.98. The van der Waals surface area contributed by atoms with Gasteiger partial charge in [0.2, 0.25) is 6.10 Å². The molecule has 1 aliphatic heterocycles. The lowest BCUT2D eigenvalue weighted by Gasteiger charge is -2.21. The molecule has 1 aromatic rings. The van der Waals surface area contributed by atoms with E-state index in [1.54, 1.807) is 0 Å². The van der Waals surface area contributed by atoms with Crippen LogP contribution in [0, 0.1) is 5.82 Å². The van der Waals surface area contributed by atoms with Gasteiger partial charge >= 0.3 is 11.9 Å². The molecule has 16 heavy (non-hydrogen) atoms. The third-order valence-corrected chi connectivity index (χ3v) is 2.59. The maximum Gasteiger partial charge on any atom is 0.345 e. The van der Waals surface area contributed by atoms with Gasteiger partial charge in [0, 0.05) is 6.42 Å². The van der Waals surface area contributed by atoms with Crippen LogP contribution >= 0.6 is 11.6 Å². The molecule has 6 heteroatoms. The molecule has 1 heterocycles. The molecule has 0 saturated heterocycles. The summed E-state index contributed by atoms with van der Waals surface area (Å²) < 4.78 is 17.8. The second-order valence-electron chi connectivity index (χ2n) is 3.36. The standard InChI is InChI=1S/C10H6ClFO4/c11-6-3-5-4(1-7(6)12)2-8(9(13)14)16-10(5)15/h1,3,8H,2H2,(H,13,14). The Morgan fingerprint density at radius 1 is 1.56 bits per heavy atom.